The first-order chi connectivity index (χ1) is 13.5. The number of pyridine rings is 1. The third-order valence-electron chi connectivity index (χ3n) is 4.78. The highest BCUT2D eigenvalue weighted by Gasteiger charge is 2.31. The van der Waals surface area contributed by atoms with Crippen molar-refractivity contribution in [1.82, 2.24) is 19.9 Å². The van der Waals surface area contributed by atoms with Crippen molar-refractivity contribution in [1.29, 1.82) is 0 Å². The largest absolute Gasteiger partial charge is 0.477 e. The molecule has 0 aromatic carbocycles. The van der Waals surface area contributed by atoms with Crippen LogP contribution in [0.1, 0.15) is 40.0 Å². The average Bonchev–Trinajstić information content (AvgIpc) is 2.93. The summed E-state index contributed by atoms with van der Waals surface area (Å²) in [5.41, 5.74) is 1.55. The SMILES string of the molecule is CCCOc1nc2ccc(OCC3CC(OC[C@H](C)NC(C)=O)C3)nc2n1C. The quantitative estimate of drug-likeness (QED) is 0.670. The Morgan fingerprint density at radius 2 is 2.11 bits per heavy atom. The number of nitrogens with one attached hydrogen (secondary N) is 1. The Hall–Kier alpha value is -2.35. The number of carbonyl (C=O) groups excluding carboxylic acids is 1. The molecule has 0 spiro atoms. The number of amides is 1. The summed E-state index contributed by atoms with van der Waals surface area (Å²) in [4.78, 5) is 20.0. The van der Waals surface area contributed by atoms with Gasteiger partial charge < -0.3 is 19.5 Å². The van der Waals surface area contributed by atoms with Crippen LogP contribution in [0.2, 0.25) is 0 Å². The molecule has 1 atom stereocenters. The van der Waals surface area contributed by atoms with Crippen molar-refractivity contribution in [3.8, 4) is 11.9 Å². The van der Waals surface area contributed by atoms with E-state index >= 15 is 0 Å². The molecule has 0 saturated heterocycles. The molecule has 0 radical (unpaired) electrons. The van der Waals surface area contributed by atoms with Crippen LogP contribution in [0, 0.1) is 5.92 Å². The highest BCUT2D eigenvalue weighted by Crippen LogP contribution is 2.31. The molecule has 1 fully saturated rings. The Bertz CT molecular complexity index is 801. The van der Waals surface area contributed by atoms with Crippen molar-refractivity contribution in [3.63, 3.8) is 0 Å². The van der Waals surface area contributed by atoms with Gasteiger partial charge in [0.05, 0.1) is 25.9 Å². The molecule has 154 valence electrons. The zero-order valence-electron chi connectivity index (χ0n) is 17.1. The van der Waals surface area contributed by atoms with Crippen LogP contribution in [-0.2, 0) is 16.6 Å². The topological polar surface area (TPSA) is 87.5 Å². The standard InChI is InChI=1S/C20H30N4O4/c1-5-8-26-20-22-17-6-7-18(23-19(17)24(20)4)28-12-15-9-16(10-15)27-11-13(2)21-14(3)25/h6-7,13,15-16H,5,8-12H2,1-4H3,(H,21,25)/t13-,15?,16?/m0/s1. The Morgan fingerprint density at radius 3 is 2.82 bits per heavy atom. The van der Waals surface area contributed by atoms with Crippen molar-refractivity contribution in [2.24, 2.45) is 13.0 Å². The second-order valence-electron chi connectivity index (χ2n) is 7.50. The highest BCUT2D eigenvalue weighted by molar-refractivity contribution is 5.73. The predicted octanol–water partition coefficient (Wildman–Crippen LogP) is 2.46. The molecule has 1 saturated carbocycles. The number of fused-ring (bicyclic) bond motifs is 1. The maximum atomic E-state index is 11.0. The third-order valence-corrected chi connectivity index (χ3v) is 4.78. The molecule has 1 aliphatic carbocycles. The van der Waals surface area contributed by atoms with Crippen LogP contribution in [0.5, 0.6) is 11.9 Å². The molecule has 0 bridgehead atoms. The molecule has 8 heteroatoms. The lowest BCUT2D eigenvalue weighted by Gasteiger charge is -2.35. The lowest BCUT2D eigenvalue weighted by molar-refractivity contribution is -0.120. The van der Waals surface area contributed by atoms with Gasteiger partial charge in [-0.05, 0) is 38.2 Å². The van der Waals surface area contributed by atoms with Crippen LogP contribution in [0.15, 0.2) is 12.1 Å². The molecule has 0 aliphatic heterocycles. The normalized spacial score (nSPS) is 19.9. The molecule has 8 nitrogen and oxygen atoms in total. The molecule has 1 amide bonds. The van der Waals surface area contributed by atoms with Gasteiger partial charge in [0.1, 0.15) is 5.52 Å². The summed E-state index contributed by atoms with van der Waals surface area (Å²) < 4.78 is 19.2. The van der Waals surface area contributed by atoms with Crippen LogP contribution in [0.25, 0.3) is 11.2 Å². The van der Waals surface area contributed by atoms with Crippen LogP contribution in [0.3, 0.4) is 0 Å². The van der Waals surface area contributed by atoms with Gasteiger partial charge in [-0.15, -0.1) is 0 Å². The van der Waals surface area contributed by atoms with Crippen LogP contribution >= 0.6 is 0 Å². The molecule has 0 unspecified atom stereocenters. The van der Waals surface area contributed by atoms with Gasteiger partial charge in [-0.25, -0.2) is 0 Å². The van der Waals surface area contributed by atoms with Crippen LogP contribution < -0.4 is 14.8 Å². The number of hydrogen-bond acceptors (Lipinski definition) is 6. The molecule has 2 heterocycles. The average molecular weight is 390 g/mol. The van der Waals surface area contributed by atoms with E-state index in [0.717, 1.165) is 30.4 Å². The zero-order valence-corrected chi connectivity index (χ0v) is 17.1. The Labute approximate surface area is 165 Å². The van der Waals surface area contributed by atoms with E-state index in [-0.39, 0.29) is 18.1 Å². The number of aromatic nitrogens is 3. The summed E-state index contributed by atoms with van der Waals surface area (Å²) in [6.45, 7) is 7.32. The summed E-state index contributed by atoms with van der Waals surface area (Å²) in [5, 5.41) is 2.82. The van der Waals surface area contributed by atoms with Crippen LogP contribution in [0.4, 0.5) is 0 Å². The van der Waals surface area contributed by atoms with E-state index in [2.05, 4.69) is 22.2 Å². The van der Waals surface area contributed by atoms with Gasteiger partial charge in [0, 0.05) is 26.1 Å². The fraction of sp³-hybridized carbons (Fsp3) is 0.650. The minimum absolute atomic E-state index is 0.0297. The molecule has 1 aliphatic rings. The molecular weight excluding hydrogens is 360 g/mol. The Morgan fingerprint density at radius 1 is 1.32 bits per heavy atom. The predicted molar refractivity (Wildman–Crippen MR) is 106 cm³/mol. The summed E-state index contributed by atoms with van der Waals surface area (Å²) in [5.74, 6) is 1.03. The number of aryl methyl sites for hydroxylation is 1. The highest BCUT2D eigenvalue weighted by atomic mass is 16.5. The van der Waals surface area contributed by atoms with Crippen LogP contribution in [-0.4, -0.2) is 52.4 Å². The van der Waals surface area contributed by atoms with E-state index in [0.29, 0.717) is 37.6 Å². The molecule has 3 rings (SSSR count). The number of imidazole rings is 1. The summed E-state index contributed by atoms with van der Waals surface area (Å²) >= 11 is 0. The number of hydrogen-bond donors (Lipinski definition) is 1. The molecule has 2 aromatic heterocycles. The van der Waals surface area contributed by atoms with E-state index in [1.165, 1.54) is 6.92 Å². The van der Waals surface area contributed by atoms with E-state index in [1.807, 2.05) is 30.7 Å². The molecule has 1 N–H and O–H groups in total. The second kappa shape index (κ2) is 9.23. The van der Waals surface area contributed by atoms with Crippen molar-refractivity contribution in [3.05, 3.63) is 12.1 Å². The Balaban J connectivity index is 1.44. The summed E-state index contributed by atoms with van der Waals surface area (Å²) in [6, 6.07) is 4.37. The minimum Gasteiger partial charge on any atom is -0.477 e. The van der Waals surface area contributed by atoms with Gasteiger partial charge in [0.15, 0.2) is 5.65 Å². The van der Waals surface area contributed by atoms with Gasteiger partial charge in [0.2, 0.25) is 11.8 Å². The van der Waals surface area contributed by atoms with Gasteiger partial charge in [-0.3, -0.25) is 9.36 Å². The summed E-state index contributed by atoms with van der Waals surface area (Å²) in [6.07, 6.45) is 3.12. The lowest BCUT2D eigenvalue weighted by Crippen LogP contribution is -2.40. The maximum Gasteiger partial charge on any atom is 0.298 e. The lowest BCUT2D eigenvalue weighted by atomic mass is 9.83. The van der Waals surface area contributed by atoms with E-state index in [4.69, 9.17) is 14.2 Å². The summed E-state index contributed by atoms with van der Waals surface area (Å²) in [7, 11) is 1.90. The van der Waals surface area contributed by atoms with Gasteiger partial charge in [0.25, 0.3) is 6.01 Å². The molecule has 28 heavy (non-hydrogen) atoms. The monoisotopic (exact) mass is 390 g/mol. The second-order valence-corrected chi connectivity index (χ2v) is 7.50. The smallest absolute Gasteiger partial charge is 0.298 e. The van der Waals surface area contributed by atoms with Crippen molar-refractivity contribution in [2.45, 2.75) is 52.2 Å². The molecule has 2 aromatic rings. The van der Waals surface area contributed by atoms with Gasteiger partial charge in [-0.2, -0.15) is 9.97 Å². The minimum atomic E-state index is -0.0297. The third kappa shape index (κ3) is 5.13. The fourth-order valence-electron chi connectivity index (χ4n) is 3.25. The molecular formula is C20H30N4O4. The number of rotatable bonds is 10. The first kappa shape index (κ1) is 20.4. The van der Waals surface area contributed by atoms with Gasteiger partial charge >= 0.3 is 0 Å². The van der Waals surface area contributed by atoms with E-state index in [9.17, 15) is 4.79 Å². The van der Waals surface area contributed by atoms with Crippen molar-refractivity contribution in [2.75, 3.05) is 19.8 Å². The fourth-order valence-corrected chi connectivity index (χ4v) is 3.25. The Kier molecular flexibility index (Phi) is 6.72. The van der Waals surface area contributed by atoms with E-state index < -0.39 is 0 Å². The first-order valence-electron chi connectivity index (χ1n) is 9.94. The van der Waals surface area contributed by atoms with Gasteiger partial charge in [-0.1, -0.05) is 6.92 Å². The first-order valence-corrected chi connectivity index (χ1v) is 9.94. The number of ether oxygens (including phenoxy) is 3. The van der Waals surface area contributed by atoms with Crippen molar-refractivity contribution >= 4 is 17.1 Å². The number of carbonyl (C=O) groups is 1. The zero-order chi connectivity index (χ0) is 20.1. The maximum absolute atomic E-state index is 11.0. The van der Waals surface area contributed by atoms with Crippen molar-refractivity contribution < 1.29 is 19.0 Å². The van der Waals surface area contributed by atoms with E-state index in [1.54, 1.807) is 0 Å². The number of nitrogens with zero attached hydrogens (tertiary/aromatic N) is 3.